The van der Waals surface area contributed by atoms with Crippen LogP contribution in [0.2, 0.25) is 0 Å². The van der Waals surface area contributed by atoms with E-state index in [0.717, 1.165) is 17.7 Å². The average Bonchev–Trinajstić information content (AvgIpc) is 2.89. The Balaban J connectivity index is 1.84. The van der Waals surface area contributed by atoms with Gasteiger partial charge in [-0.05, 0) is 18.6 Å². The van der Waals surface area contributed by atoms with Crippen LogP contribution in [-0.4, -0.2) is 34.8 Å². The number of rotatable bonds is 2. The first-order valence-corrected chi connectivity index (χ1v) is 5.91. The molecule has 1 aliphatic rings. The molecule has 0 amide bonds. The van der Waals surface area contributed by atoms with E-state index in [1.807, 2.05) is 13.0 Å². The van der Waals surface area contributed by atoms with Crippen molar-refractivity contribution in [2.45, 2.75) is 13.0 Å². The normalized spacial score (nSPS) is 19.9. The maximum absolute atomic E-state index is 5.57. The summed E-state index contributed by atoms with van der Waals surface area (Å²) in [5.74, 6) is 1.06. The van der Waals surface area contributed by atoms with E-state index in [1.165, 1.54) is 0 Å². The van der Waals surface area contributed by atoms with Gasteiger partial charge in [0.2, 0.25) is 5.82 Å². The van der Waals surface area contributed by atoms with Gasteiger partial charge in [-0.25, -0.2) is 0 Å². The van der Waals surface area contributed by atoms with Gasteiger partial charge in [0.05, 0.1) is 12.2 Å². The highest BCUT2D eigenvalue weighted by molar-refractivity contribution is 5.51. The molecule has 6 heteroatoms. The summed E-state index contributed by atoms with van der Waals surface area (Å²) in [6.45, 7) is 4.22. The number of aryl methyl sites for hydroxylation is 1. The minimum Gasteiger partial charge on any atom is -0.367 e. The summed E-state index contributed by atoms with van der Waals surface area (Å²) in [7, 11) is 0. The molecule has 1 unspecified atom stereocenters. The Bertz CT molecular complexity index is 534. The molecule has 18 heavy (non-hydrogen) atoms. The zero-order chi connectivity index (χ0) is 12.4. The number of aromatic nitrogens is 3. The van der Waals surface area contributed by atoms with Crippen molar-refractivity contribution in [2.24, 2.45) is 0 Å². The Morgan fingerprint density at radius 1 is 1.39 bits per heavy atom. The van der Waals surface area contributed by atoms with E-state index < -0.39 is 0 Å². The lowest BCUT2D eigenvalue weighted by atomic mass is 10.2. The second-order valence-electron chi connectivity index (χ2n) is 4.27. The van der Waals surface area contributed by atoms with Crippen LogP contribution >= 0.6 is 0 Å². The topological polar surface area (TPSA) is 73.1 Å². The van der Waals surface area contributed by atoms with Gasteiger partial charge < -0.3 is 14.6 Å². The van der Waals surface area contributed by atoms with Crippen LogP contribution in [-0.2, 0) is 4.74 Å². The van der Waals surface area contributed by atoms with Crippen molar-refractivity contribution in [1.82, 2.24) is 20.4 Å². The Morgan fingerprint density at radius 2 is 2.33 bits per heavy atom. The van der Waals surface area contributed by atoms with Crippen molar-refractivity contribution in [3.05, 3.63) is 29.8 Å². The molecule has 0 saturated carbocycles. The van der Waals surface area contributed by atoms with Gasteiger partial charge in [-0.15, -0.1) is 0 Å². The highest BCUT2D eigenvalue weighted by atomic mass is 16.5. The molecule has 6 nitrogen and oxygen atoms in total. The van der Waals surface area contributed by atoms with E-state index in [0.29, 0.717) is 24.9 Å². The van der Waals surface area contributed by atoms with Crippen molar-refractivity contribution in [1.29, 1.82) is 0 Å². The standard InChI is InChI=1S/C12H14N4O2/c1-8-4-9(6-14-5-8)12-15-11(16-18-12)10-7-13-2-3-17-10/h4-6,10,13H,2-3,7H2,1H3. The summed E-state index contributed by atoms with van der Waals surface area (Å²) in [5, 5.41) is 7.20. The van der Waals surface area contributed by atoms with Gasteiger partial charge >= 0.3 is 0 Å². The molecule has 0 bridgehead atoms. The Hall–Kier alpha value is -1.79. The van der Waals surface area contributed by atoms with Crippen molar-refractivity contribution in [2.75, 3.05) is 19.7 Å². The maximum atomic E-state index is 5.57. The first-order chi connectivity index (χ1) is 8.83. The summed E-state index contributed by atoms with van der Waals surface area (Å²) in [5.41, 5.74) is 1.89. The van der Waals surface area contributed by atoms with Crippen LogP contribution in [0.5, 0.6) is 0 Å². The van der Waals surface area contributed by atoms with Gasteiger partial charge in [0.25, 0.3) is 5.89 Å². The Morgan fingerprint density at radius 3 is 3.11 bits per heavy atom. The number of pyridine rings is 1. The maximum Gasteiger partial charge on any atom is 0.259 e. The fourth-order valence-electron chi connectivity index (χ4n) is 1.89. The van der Waals surface area contributed by atoms with Crippen LogP contribution in [0.4, 0.5) is 0 Å². The molecule has 0 radical (unpaired) electrons. The third-order valence-electron chi connectivity index (χ3n) is 2.78. The fourth-order valence-corrected chi connectivity index (χ4v) is 1.89. The third kappa shape index (κ3) is 2.25. The second kappa shape index (κ2) is 4.83. The molecule has 1 aliphatic heterocycles. The molecule has 0 aliphatic carbocycles. The Labute approximate surface area is 104 Å². The molecule has 1 fully saturated rings. The lowest BCUT2D eigenvalue weighted by molar-refractivity contribution is 0.0208. The third-order valence-corrected chi connectivity index (χ3v) is 2.78. The molecule has 1 saturated heterocycles. The number of hydrogen-bond donors (Lipinski definition) is 1. The second-order valence-corrected chi connectivity index (χ2v) is 4.27. The van der Waals surface area contributed by atoms with Crippen LogP contribution in [0.25, 0.3) is 11.5 Å². The van der Waals surface area contributed by atoms with Gasteiger partial charge in [-0.3, -0.25) is 4.98 Å². The summed E-state index contributed by atoms with van der Waals surface area (Å²) < 4.78 is 10.8. The zero-order valence-corrected chi connectivity index (χ0v) is 10.1. The molecule has 2 aromatic heterocycles. The smallest absolute Gasteiger partial charge is 0.259 e. The van der Waals surface area contributed by atoms with E-state index in [9.17, 15) is 0 Å². The number of hydrogen-bond acceptors (Lipinski definition) is 6. The highest BCUT2D eigenvalue weighted by Crippen LogP contribution is 2.21. The number of ether oxygens (including phenoxy) is 1. The quantitative estimate of drug-likeness (QED) is 0.855. The lowest BCUT2D eigenvalue weighted by Crippen LogP contribution is -2.33. The summed E-state index contributed by atoms with van der Waals surface area (Å²) in [6, 6.07) is 1.96. The van der Waals surface area contributed by atoms with Crippen molar-refractivity contribution in [3.8, 4) is 11.5 Å². The van der Waals surface area contributed by atoms with E-state index in [2.05, 4.69) is 20.4 Å². The van der Waals surface area contributed by atoms with Crippen molar-refractivity contribution in [3.63, 3.8) is 0 Å². The molecular weight excluding hydrogens is 232 g/mol. The van der Waals surface area contributed by atoms with Crippen LogP contribution < -0.4 is 5.32 Å². The molecule has 94 valence electrons. The molecule has 0 spiro atoms. The van der Waals surface area contributed by atoms with Crippen LogP contribution in [0.1, 0.15) is 17.5 Å². The molecule has 0 aromatic carbocycles. The molecule has 1 atom stereocenters. The number of nitrogens with zero attached hydrogens (tertiary/aromatic N) is 3. The van der Waals surface area contributed by atoms with Crippen LogP contribution in [0, 0.1) is 6.92 Å². The minimum atomic E-state index is -0.131. The molecular formula is C12H14N4O2. The minimum absolute atomic E-state index is 0.131. The van der Waals surface area contributed by atoms with Crippen molar-refractivity contribution < 1.29 is 9.26 Å². The molecule has 2 aromatic rings. The Kier molecular flexibility index (Phi) is 3.04. The fraction of sp³-hybridized carbons (Fsp3) is 0.417. The molecule has 1 N–H and O–H groups in total. The first-order valence-electron chi connectivity index (χ1n) is 5.91. The SMILES string of the molecule is Cc1cncc(-c2nc(C3CNCCO3)no2)c1. The van der Waals surface area contributed by atoms with Gasteiger partial charge in [-0.2, -0.15) is 4.98 Å². The summed E-state index contributed by atoms with van der Waals surface area (Å²) in [6.07, 6.45) is 3.37. The number of morpholine rings is 1. The average molecular weight is 246 g/mol. The first kappa shape index (κ1) is 11.3. The van der Waals surface area contributed by atoms with E-state index in [1.54, 1.807) is 12.4 Å². The largest absolute Gasteiger partial charge is 0.367 e. The van der Waals surface area contributed by atoms with Gasteiger partial charge in [0, 0.05) is 25.5 Å². The number of nitrogens with one attached hydrogen (secondary N) is 1. The van der Waals surface area contributed by atoms with Gasteiger partial charge in [0.15, 0.2) is 0 Å². The van der Waals surface area contributed by atoms with Crippen LogP contribution in [0.3, 0.4) is 0 Å². The lowest BCUT2D eigenvalue weighted by Gasteiger charge is -2.20. The zero-order valence-electron chi connectivity index (χ0n) is 10.1. The predicted octanol–water partition coefficient (Wildman–Crippen LogP) is 1.10. The molecule has 3 rings (SSSR count). The highest BCUT2D eigenvalue weighted by Gasteiger charge is 2.21. The molecule has 3 heterocycles. The van der Waals surface area contributed by atoms with Gasteiger partial charge in [0.1, 0.15) is 6.10 Å². The summed E-state index contributed by atoms with van der Waals surface area (Å²) in [4.78, 5) is 8.47. The summed E-state index contributed by atoms with van der Waals surface area (Å²) >= 11 is 0. The van der Waals surface area contributed by atoms with E-state index in [-0.39, 0.29) is 6.10 Å². The van der Waals surface area contributed by atoms with Crippen molar-refractivity contribution >= 4 is 0 Å². The van der Waals surface area contributed by atoms with E-state index >= 15 is 0 Å². The predicted molar refractivity (Wildman–Crippen MR) is 63.8 cm³/mol. The monoisotopic (exact) mass is 246 g/mol. The van der Waals surface area contributed by atoms with Gasteiger partial charge in [-0.1, -0.05) is 5.16 Å². The van der Waals surface area contributed by atoms with Crippen LogP contribution in [0.15, 0.2) is 23.0 Å². The van der Waals surface area contributed by atoms with E-state index in [4.69, 9.17) is 9.26 Å².